The third kappa shape index (κ3) is 8.39. The second-order valence-corrected chi connectivity index (χ2v) is 6.96. The molecule has 1 atom stereocenters. The SMILES string of the molecule is C=CCCC(=O)OCCNC(=O)[C@H](CC=C)CC(=O)NC1(CO)CCCC1. The van der Waals surface area contributed by atoms with Crippen molar-refractivity contribution in [2.75, 3.05) is 19.8 Å². The number of nitrogens with one attached hydrogen (secondary N) is 2. The Bertz CT molecular complexity index is 526. The van der Waals surface area contributed by atoms with Crippen molar-refractivity contribution in [3.8, 4) is 0 Å². The fraction of sp³-hybridized carbons (Fsp3) is 0.650. The average molecular weight is 380 g/mol. The van der Waals surface area contributed by atoms with Gasteiger partial charge < -0.3 is 20.5 Å². The Labute approximate surface area is 161 Å². The zero-order valence-electron chi connectivity index (χ0n) is 16.0. The fourth-order valence-electron chi connectivity index (χ4n) is 3.20. The molecule has 27 heavy (non-hydrogen) atoms. The van der Waals surface area contributed by atoms with Gasteiger partial charge in [0, 0.05) is 12.8 Å². The maximum absolute atomic E-state index is 12.4. The van der Waals surface area contributed by atoms with Gasteiger partial charge in [0.2, 0.25) is 11.8 Å². The van der Waals surface area contributed by atoms with E-state index in [1.165, 1.54) is 0 Å². The number of amides is 2. The molecule has 0 heterocycles. The lowest BCUT2D eigenvalue weighted by molar-refractivity contribution is -0.144. The van der Waals surface area contributed by atoms with E-state index in [-0.39, 0.29) is 50.4 Å². The Balaban J connectivity index is 2.41. The Morgan fingerprint density at radius 3 is 2.48 bits per heavy atom. The first-order valence-electron chi connectivity index (χ1n) is 9.53. The summed E-state index contributed by atoms with van der Waals surface area (Å²) in [5, 5.41) is 15.2. The van der Waals surface area contributed by atoms with Gasteiger partial charge in [0.05, 0.1) is 24.6 Å². The van der Waals surface area contributed by atoms with Crippen molar-refractivity contribution in [2.24, 2.45) is 5.92 Å². The molecule has 1 rings (SSSR count). The van der Waals surface area contributed by atoms with Crippen molar-refractivity contribution in [3.05, 3.63) is 25.3 Å². The van der Waals surface area contributed by atoms with Gasteiger partial charge >= 0.3 is 5.97 Å². The molecule has 0 aromatic heterocycles. The van der Waals surface area contributed by atoms with Crippen LogP contribution in [0.3, 0.4) is 0 Å². The molecule has 0 saturated heterocycles. The van der Waals surface area contributed by atoms with Crippen LogP contribution in [0.25, 0.3) is 0 Å². The Morgan fingerprint density at radius 2 is 1.89 bits per heavy atom. The molecule has 0 aromatic carbocycles. The van der Waals surface area contributed by atoms with Crippen LogP contribution >= 0.6 is 0 Å². The maximum Gasteiger partial charge on any atom is 0.306 e. The molecular weight excluding hydrogens is 348 g/mol. The van der Waals surface area contributed by atoms with E-state index in [0.29, 0.717) is 12.8 Å². The van der Waals surface area contributed by atoms with Crippen LogP contribution in [-0.2, 0) is 19.1 Å². The number of aliphatic hydroxyl groups excluding tert-OH is 1. The smallest absolute Gasteiger partial charge is 0.306 e. The van der Waals surface area contributed by atoms with Gasteiger partial charge in [-0.25, -0.2) is 0 Å². The maximum atomic E-state index is 12.4. The van der Waals surface area contributed by atoms with Crippen LogP contribution in [0.4, 0.5) is 0 Å². The monoisotopic (exact) mass is 380 g/mol. The molecular formula is C20H32N2O5. The van der Waals surface area contributed by atoms with Crippen LogP contribution in [0, 0.1) is 5.92 Å². The minimum atomic E-state index is -0.550. The summed E-state index contributed by atoms with van der Waals surface area (Å²) in [6, 6.07) is 0. The molecule has 0 radical (unpaired) electrons. The Morgan fingerprint density at radius 1 is 1.19 bits per heavy atom. The molecule has 0 aromatic rings. The third-order valence-corrected chi connectivity index (χ3v) is 4.74. The number of aliphatic hydroxyl groups is 1. The summed E-state index contributed by atoms with van der Waals surface area (Å²) in [6.45, 7) is 7.36. The summed E-state index contributed by atoms with van der Waals surface area (Å²) >= 11 is 0. The number of hydrogen-bond donors (Lipinski definition) is 3. The number of ether oxygens (including phenoxy) is 1. The van der Waals surface area contributed by atoms with Gasteiger partial charge in [-0.1, -0.05) is 25.0 Å². The summed E-state index contributed by atoms with van der Waals surface area (Å²) in [5.41, 5.74) is -0.550. The Hall–Kier alpha value is -2.15. The number of carbonyl (C=O) groups is 3. The highest BCUT2D eigenvalue weighted by molar-refractivity contribution is 5.86. The lowest BCUT2D eigenvalue weighted by Crippen LogP contribution is -2.50. The molecule has 1 aliphatic rings. The van der Waals surface area contributed by atoms with Gasteiger partial charge in [-0.3, -0.25) is 14.4 Å². The van der Waals surface area contributed by atoms with Gasteiger partial charge in [0.15, 0.2) is 0 Å². The first kappa shape index (κ1) is 22.9. The van der Waals surface area contributed by atoms with E-state index >= 15 is 0 Å². The van der Waals surface area contributed by atoms with Gasteiger partial charge in [-0.15, -0.1) is 13.2 Å². The zero-order valence-corrected chi connectivity index (χ0v) is 16.0. The standard InChI is InChI=1S/C20H32N2O5/c1-3-5-9-18(25)27-13-12-21-19(26)16(8-4-2)14-17(24)22-20(15-23)10-6-7-11-20/h3-4,16,23H,1-2,5-15H2,(H,21,26)(H,22,24)/t16-/m1/s1. The highest BCUT2D eigenvalue weighted by Crippen LogP contribution is 2.29. The van der Waals surface area contributed by atoms with Crippen LogP contribution < -0.4 is 10.6 Å². The molecule has 0 spiro atoms. The molecule has 7 nitrogen and oxygen atoms in total. The molecule has 7 heteroatoms. The summed E-state index contributed by atoms with van der Waals surface area (Å²) in [5.74, 6) is -1.41. The predicted octanol–water partition coefficient (Wildman–Crippen LogP) is 1.62. The predicted molar refractivity (Wildman–Crippen MR) is 103 cm³/mol. The quantitative estimate of drug-likeness (QED) is 0.256. The summed E-state index contributed by atoms with van der Waals surface area (Å²) in [6.07, 6.45) is 7.91. The second kappa shape index (κ2) is 12.3. The zero-order chi connectivity index (χ0) is 20.1. The fourth-order valence-corrected chi connectivity index (χ4v) is 3.20. The van der Waals surface area contributed by atoms with Gasteiger partial charge in [0.25, 0.3) is 0 Å². The van der Waals surface area contributed by atoms with E-state index in [9.17, 15) is 19.5 Å². The van der Waals surface area contributed by atoms with Crippen LogP contribution in [0.1, 0.15) is 51.4 Å². The molecule has 1 saturated carbocycles. The van der Waals surface area contributed by atoms with Gasteiger partial charge in [-0.05, 0) is 25.7 Å². The van der Waals surface area contributed by atoms with E-state index in [2.05, 4.69) is 23.8 Å². The molecule has 3 N–H and O–H groups in total. The van der Waals surface area contributed by atoms with Crippen molar-refractivity contribution in [1.29, 1.82) is 0 Å². The van der Waals surface area contributed by atoms with Crippen LogP contribution in [-0.4, -0.2) is 48.2 Å². The topological polar surface area (TPSA) is 105 Å². The van der Waals surface area contributed by atoms with Crippen LogP contribution in [0.2, 0.25) is 0 Å². The second-order valence-electron chi connectivity index (χ2n) is 6.96. The number of rotatable bonds is 13. The molecule has 0 bridgehead atoms. The summed E-state index contributed by atoms with van der Waals surface area (Å²) < 4.78 is 5.00. The summed E-state index contributed by atoms with van der Waals surface area (Å²) in [4.78, 5) is 36.1. The summed E-state index contributed by atoms with van der Waals surface area (Å²) in [7, 11) is 0. The van der Waals surface area contributed by atoms with E-state index in [1.807, 2.05) is 0 Å². The van der Waals surface area contributed by atoms with Crippen molar-refractivity contribution in [1.82, 2.24) is 10.6 Å². The van der Waals surface area contributed by atoms with E-state index in [1.54, 1.807) is 12.2 Å². The average Bonchev–Trinajstić information content (AvgIpc) is 3.11. The molecule has 0 aliphatic heterocycles. The largest absolute Gasteiger partial charge is 0.464 e. The molecule has 0 unspecified atom stereocenters. The molecule has 152 valence electrons. The Kier molecular flexibility index (Phi) is 10.4. The lowest BCUT2D eigenvalue weighted by Gasteiger charge is -2.28. The van der Waals surface area contributed by atoms with E-state index in [0.717, 1.165) is 25.7 Å². The number of carbonyl (C=O) groups excluding carboxylic acids is 3. The minimum Gasteiger partial charge on any atom is -0.464 e. The molecule has 2 amide bonds. The number of hydrogen-bond acceptors (Lipinski definition) is 5. The first-order valence-corrected chi connectivity index (χ1v) is 9.53. The highest BCUT2D eigenvalue weighted by atomic mass is 16.5. The van der Waals surface area contributed by atoms with E-state index in [4.69, 9.17) is 4.74 Å². The highest BCUT2D eigenvalue weighted by Gasteiger charge is 2.35. The minimum absolute atomic E-state index is 0.0265. The van der Waals surface area contributed by atoms with Crippen molar-refractivity contribution >= 4 is 17.8 Å². The van der Waals surface area contributed by atoms with Crippen molar-refractivity contribution in [3.63, 3.8) is 0 Å². The molecule has 1 fully saturated rings. The van der Waals surface area contributed by atoms with E-state index < -0.39 is 11.5 Å². The lowest BCUT2D eigenvalue weighted by atomic mass is 9.96. The van der Waals surface area contributed by atoms with Crippen molar-refractivity contribution < 1.29 is 24.2 Å². The van der Waals surface area contributed by atoms with Gasteiger partial charge in [-0.2, -0.15) is 0 Å². The normalized spacial score (nSPS) is 16.2. The number of allylic oxidation sites excluding steroid dienone is 2. The van der Waals surface area contributed by atoms with Crippen LogP contribution in [0.15, 0.2) is 25.3 Å². The van der Waals surface area contributed by atoms with Crippen molar-refractivity contribution in [2.45, 2.75) is 56.9 Å². The number of esters is 1. The van der Waals surface area contributed by atoms with Gasteiger partial charge in [0.1, 0.15) is 6.61 Å². The molecule has 1 aliphatic carbocycles. The third-order valence-electron chi connectivity index (χ3n) is 4.74. The first-order chi connectivity index (χ1) is 13.0. The van der Waals surface area contributed by atoms with Crippen LogP contribution in [0.5, 0.6) is 0 Å².